The van der Waals surface area contributed by atoms with Crippen LogP contribution in [0, 0.1) is 0 Å². The predicted molar refractivity (Wildman–Crippen MR) is 74.7 cm³/mol. The minimum Gasteiger partial charge on any atom is -0.543 e. The molecule has 0 aromatic carbocycles. The van der Waals surface area contributed by atoms with Crippen molar-refractivity contribution in [3.63, 3.8) is 0 Å². The normalized spacial score (nSPS) is 23.8. The third-order valence-corrected chi connectivity index (χ3v) is 6.01. The van der Waals surface area contributed by atoms with E-state index < -0.39 is 5.97 Å². The molecule has 0 saturated carbocycles. The number of aliphatic carboxylic acids is 1. The summed E-state index contributed by atoms with van der Waals surface area (Å²) in [6.07, 6.45) is 0.336. The molecule has 1 atom stereocenters. The Labute approximate surface area is 158 Å². The van der Waals surface area contributed by atoms with Gasteiger partial charge in [-0.1, -0.05) is 11.8 Å². The first-order valence-electron chi connectivity index (χ1n) is 6.50. The Bertz CT molecular complexity index is 536. The van der Waals surface area contributed by atoms with E-state index in [1.165, 1.54) is 28.4 Å². The van der Waals surface area contributed by atoms with Crippen molar-refractivity contribution in [1.82, 2.24) is 9.80 Å². The summed E-state index contributed by atoms with van der Waals surface area (Å²) in [4.78, 5) is 37.6. The second-order valence-electron chi connectivity index (χ2n) is 4.75. The van der Waals surface area contributed by atoms with Crippen LogP contribution in [-0.2, 0) is 19.1 Å². The van der Waals surface area contributed by atoms with Crippen LogP contribution in [0.5, 0.6) is 0 Å². The molecule has 0 spiro atoms. The first-order chi connectivity index (χ1) is 10.1. The molecule has 2 fully saturated rings. The standard InChI is InChI=1S/C12H14N2O5S2.Na/c15-7-5-9-14(7)10(11(17)18)12(21-9)20-6-8(16)13-1-3-19-4-2-13;/h9H,1-6H2,(H,17,18);/q;+1/p-1/t9-;/m1./s1. The van der Waals surface area contributed by atoms with E-state index in [0.29, 0.717) is 37.0 Å². The van der Waals surface area contributed by atoms with E-state index in [4.69, 9.17) is 4.74 Å². The van der Waals surface area contributed by atoms with Crippen molar-refractivity contribution < 1.29 is 53.8 Å². The Hall–Kier alpha value is -0.190. The van der Waals surface area contributed by atoms with Crippen LogP contribution in [0.25, 0.3) is 0 Å². The van der Waals surface area contributed by atoms with E-state index >= 15 is 0 Å². The van der Waals surface area contributed by atoms with Gasteiger partial charge in [0, 0.05) is 13.1 Å². The number of hydrogen-bond donors (Lipinski definition) is 0. The van der Waals surface area contributed by atoms with E-state index in [9.17, 15) is 19.5 Å². The van der Waals surface area contributed by atoms with Gasteiger partial charge in [-0.15, -0.1) is 11.8 Å². The van der Waals surface area contributed by atoms with Gasteiger partial charge in [-0.3, -0.25) is 14.5 Å². The molecule has 3 aliphatic heterocycles. The minimum atomic E-state index is -1.36. The van der Waals surface area contributed by atoms with Gasteiger partial charge >= 0.3 is 29.6 Å². The summed E-state index contributed by atoms with van der Waals surface area (Å²) < 4.78 is 5.67. The van der Waals surface area contributed by atoms with E-state index in [1.54, 1.807) is 4.90 Å². The van der Waals surface area contributed by atoms with Gasteiger partial charge in [-0.2, -0.15) is 0 Å². The first kappa shape index (κ1) is 18.2. The number of ether oxygens (including phenoxy) is 1. The Balaban J connectivity index is 0.00000176. The maximum atomic E-state index is 12.0. The third-order valence-electron chi connectivity index (χ3n) is 3.47. The summed E-state index contributed by atoms with van der Waals surface area (Å²) in [6.45, 7) is 2.18. The summed E-state index contributed by atoms with van der Waals surface area (Å²) in [7, 11) is 0. The molecule has 7 nitrogen and oxygen atoms in total. The fraction of sp³-hybridized carbons (Fsp3) is 0.583. The first-order valence-corrected chi connectivity index (χ1v) is 8.37. The number of morpholine rings is 1. The predicted octanol–water partition coefficient (Wildman–Crippen LogP) is -4.19. The Morgan fingerprint density at radius 3 is 2.64 bits per heavy atom. The topological polar surface area (TPSA) is 90.0 Å². The Morgan fingerprint density at radius 1 is 1.36 bits per heavy atom. The second-order valence-corrected chi connectivity index (χ2v) is 7.18. The van der Waals surface area contributed by atoms with E-state index in [-0.39, 0.29) is 58.2 Å². The zero-order valence-electron chi connectivity index (χ0n) is 12.1. The van der Waals surface area contributed by atoms with Crippen molar-refractivity contribution in [2.75, 3.05) is 32.1 Å². The molecule has 10 heteroatoms. The smallest absolute Gasteiger partial charge is 0.543 e. The van der Waals surface area contributed by atoms with Crippen LogP contribution in [0.4, 0.5) is 0 Å². The average Bonchev–Trinajstić information content (AvgIpc) is 2.78. The second kappa shape index (κ2) is 7.59. The minimum absolute atomic E-state index is 0. The number of β-lactam (4-membered cyclic amide) rings is 1. The zero-order chi connectivity index (χ0) is 15.0. The van der Waals surface area contributed by atoms with Crippen LogP contribution in [0.2, 0.25) is 0 Å². The van der Waals surface area contributed by atoms with Gasteiger partial charge < -0.3 is 19.5 Å². The number of nitrogens with zero attached hydrogens (tertiary/aromatic N) is 2. The number of carboxylic acid groups (broad SMARTS) is 1. The summed E-state index contributed by atoms with van der Waals surface area (Å²) in [5.41, 5.74) is -0.0824. The summed E-state index contributed by atoms with van der Waals surface area (Å²) in [5.74, 6) is -1.45. The number of rotatable bonds is 4. The fourth-order valence-corrected chi connectivity index (χ4v) is 4.98. The molecule has 3 aliphatic rings. The van der Waals surface area contributed by atoms with Crippen molar-refractivity contribution in [3.05, 3.63) is 9.93 Å². The maximum Gasteiger partial charge on any atom is 1.00 e. The Kier molecular flexibility index (Phi) is 6.26. The van der Waals surface area contributed by atoms with E-state index in [0.717, 1.165) is 0 Å². The van der Waals surface area contributed by atoms with Crippen LogP contribution in [0.1, 0.15) is 6.42 Å². The van der Waals surface area contributed by atoms with Gasteiger partial charge in [-0.05, 0) is 0 Å². The van der Waals surface area contributed by atoms with Gasteiger partial charge in [0.25, 0.3) is 0 Å². The largest absolute Gasteiger partial charge is 1.00 e. The number of thioether (sulfide) groups is 2. The molecule has 0 aliphatic carbocycles. The molecule has 2 saturated heterocycles. The van der Waals surface area contributed by atoms with Crippen LogP contribution in [0.3, 0.4) is 0 Å². The number of hydrogen-bond acceptors (Lipinski definition) is 7. The summed E-state index contributed by atoms with van der Waals surface area (Å²) in [5, 5.41) is 11.0. The van der Waals surface area contributed by atoms with Gasteiger partial charge in [0.2, 0.25) is 11.8 Å². The maximum absolute atomic E-state index is 12.0. The third kappa shape index (κ3) is 3.49. The average molecular weight is 352 g/mol. The monoisotopic (exact) mass is 352 g/mol. The quantitative estimate of drug-likeness (QED) is 0.374. The van der Waals surface area contributed by atoms with Crippen LogP contribution < -0.4 is 34.7 Å². The number of fused-ring (bicyclic) bond motifs is 1. The summed E-state index contributed by atoms with van der Waals surface area (Å²) in [6, 6.07) is 0. The molecule has 0 N–H and O–H groups in total. The number of carboxylic acids is 1. The van der Waals surface area contributed by atoms with E-state index in [2.05, 4.69) is 0 Å². The molecule has 3 heterocycles. The molecule has 2 amide bonds. The van der Waals surface area contributed by atoms with Crippen molar-refractivity contribution in [2.24, 2.45) is 0 Å². The molecule has 0 aromatic heterocycles. The summed E-state index contributed by atoms with van der Waals surface area (Å²) >= 11 is 2.49. The molecule has 0 bridgehead atoms. The number of carbonyl (C=O) groups is 3. The van der Waals surface area contributed by atoms with Crippen molar-refractivity contribution in [1.29, 1.82) is 0 Å². The van der Waals surface area contributed by atoms with Crippen molar-refractivity contribution in [2.45, 2.75) is 11.8 Å². The van der Waals surface area contributed by atoms with Crippen molar-refractivity contribution >= 4 is 41.3 Å². The molecule has 0 unspecified atom stereocenters. The van der Waals surface area contributed by atoms with Gasteiger partial charge in [0.15, 0.2) is 0 Å². The van der Waals surface area contributed by atoms with E-state index in [1.807, 2.05) is 0 Å². The van der Waals surface area contributed by atoms with Crippen molar-refractivity contribution in [3.8, 4) is 0 Å². The molecule has 3 rings (SSSR count). The van der Waals surface area contributed by atoms with Gasteiger partial charge in [0.05, 0.1) is 46.7 Å². The zero-order valence-corrected chi connectivity index (χ0v) is 15.7. The fourth-order valence-electron chi connectivity index (χ4n) is 2.34. The molecule has 0 radical (unpaired) electrons. The van der Waals surface area contributed by atoms with Gasteiger partial charge in [0.1, 0.15) is 0 Å². The number of amides is 2. The molecule has 114 valence electrons. The Morgan fingerprint density at radius 2 is 2.05 bits per heavy atom. The van der Waals surface area contributed by atoms with Crippen LogP contribution in [-0.4, -0.2) is 65.0 Å². The molecular weight excluding hydrogens is 339 g/mol. The molecule has 22 heavy (non-hydrogen) atoms. The van der Waals surface area contributed by atoms with Gasteiger partial charge in [-0.25, -0.2) is 0 Å². The van der Waals surface area contributed by atoms with Crippen LogP contribution >= 0.6 is 23.5 Å². The number of carbonyl (C=O) groups excluding carboxylic acids is 3. The molecule has 0 aromatic rings. The SMILES string of the molecule is O=C([O-])C1=C(SCC(=O)N2CCOCC2)S[C@@H]2CC(=O)N12.[Na+]. The molecular formula is C12H13N2NaO5S2. The van der Waals surface area contributed by atoms with Crippen LogP contribution in [0.15, 0.2) is 9.93 Å².